The highest BCUT2D eigenvalue weighted by Crippen LogP contribution is 2.42. The number of aryl methyl sites for hydroxylation is 1. The second-order valence-electron chi connectivity index (χ2n) is 7.30. The van der Waals surface area contributed by atoms with Gasteiger partial charge in [-0.25, -0.2) is 4.39 Å². The van der Waals surface area contributed by atoms with Crippen molar-refractivity contribution in [3.63, 3.8) is 0 Å². The molecule has 30 heavy (non-hydrogen) atoms. The molecule has 2 heterocycles. The van der Waals surface area contributed by atoms with E-state index in [2.05, 4.69) is 14.9 Å². The van der Waals surface area contributed by atoms with E-state index < -0.39 is 0 Å². The molecule has 0 amide bonds. The van der Waals surface area contributed by atoms with Gasteiger partial charge in [0.15, 0.2) is 0 Å². The number of aromatic nitrogens is 2. The number of halogens is 2. The maximum atomic E-state index is 14.3. The molecule has 1 aliphatic rings. The summed E-state index contributed by atoms with van der Waals surface area (Å²) in [7, 11) is 1.64. The van der Waals surface area contributed by atoms with Crippen molar-refractivity contribution >= 4 is 17.3 Å². The van der Waals surface area contributed by atoms with Gasteiger partial charge in [-0.1, -0.05) is 11.6 Å². The Morgan fingerprint density at radius 1 is 1.20 bits per heavy atom. The summed E-state index contributed by atoms with van der Waals surface area (Å²) in [6, 6.07) is 10.6. The lowest BCUT2D eigenvalue weighted by Gasteiger charge is -2.31. The lowest BCUT2D eigenvalue weighted by molar-refractivity contribution is 0.0330. The summed E-state index contributed by atoms with van der Waals surface area (Å²) in [6.45, 7) is 2.91. The molecule has 5 nitrogen and oxygen atoms in total. The van der Waals surface area contributed by atoms with E-state index in [4.69, 9.17) is 21.1 Å². The van der Waals surface area contributed by atoms with E-state index in [0.717, 1.165) is 35.7 Å². The van der Waals surface area contributed by atoms with Crippen molar-refractivity contribution in [2.24, 2.45) is 0 Å². The normalized spacial score (nSPS) is 18.6. The Morgan fingerprint density at radius 3 is 2.70 bits per heavy atom. The molecule has 1 aliphatic heterocycles. The van der Waals surface area contributed by atoms with Crippen molar-refractivity contribution in [2.75, 3.05) is 18.6 Å². The number of rotatable bonds is 6. The van der Waals surface area contributed by atoms with Crippen LogP contribution in [0.15, 0.2) is 55.0 Å². The topological polar surface area (TPSA) is 47.5 Å². The second kappa shape index (κ2) is 8.98. The van der Waals surface area contributed by atoms with Crippen LogP contribution >= 0.6 is 11.6 Å². The minimum atomic E-state index is -0.304. The number of anilines is 1. The first-order chi connectivity index (χ1) is 14.6. The fraction of sp³-hybridized carbons (Fsp3) is 0.304. The molecule has 0 unspecified atom stereocenters. The van der Waals surface area contributed by atoms with Crippen LogP contribution in [0.3, 0.4) is 0 Å². The van der Waals surface area contributed by atoms with Crippen LogP contribution in [0.4, 0.5) is 10.1 Å². The lowest BCUT2D eigenvalue weighted by Crippen LogP contribution is -2.29. The van der Waals surface area contributed by atoms with E-state index in [-0.39, 0.29) is 18.0 Å². The van der Waals surface area contributed by atoms with Crippen LogP contribution < -0.4 is 9.64 Å². The summed E-state index contributed by atoms with van der Waals surface area (Å²) >= 11 is 6.64. The van der Waals surface area contributed by atoms with Gasteiger partial charge in [0.2, 0.25) is 0 Å². The minimum Gasteiger partial charge on any atom is -0.497 e. The summed E-state index contributed by atoms with van der Waals surface area (Å²) < 4.78 is 25.8. The van der Waals surface area contributed by atoms with E-state index in [1.54, 1.807) is 25.7 Å². The van der Waals surface area contributed by atoms with Crippen LogP contribution in [0.5, 0.6) is 5.75 Å². The first kappa shape index (κ1) is 20.6. The number of methoxy groups -OCH3 is 1. The Hall–Kier alpha value is -2.70. The molecule has 4 rings (SSSR count). The zero-order valence-electron chi connectivity index (χ0n) is 16.9. The van der Waals surface area contributed by atoms with Gasteiger partial charge in [-0.15, -0.1) is 0 Å². The Morgan fingerprint density at radius 2 is 2.00 bits per heavy atom. The molecule has 2 atom stereocenters. The van der Waals surface area contributed by atoms with Crippen LogP contribution in [0.1, 0.15) is 29.3 Å². The lowest BCUT2D eigenvalue weighted by atomic mass is 9.99. The van der Waals surface area contributed by atoms with Gasteiger partial charge in [0, 0.05) is 29.6 Å². The highest BCUT2D eigenvalue weighted by molar-refractivity contribution is 6.32. The molecule has 0 bridgehead atoms. The molecule has 0 saturated carbocycles. The molecule has 0 N–H and O–H groups in total. The predicted octanol–water partition coefficient (Wildman–Crippen LogP) is 5.12. The first-order valence-electron chi connectivity index (χ1n) is 9.79. The Labute approximate surface area is 180 Å². The van der Waals surface area contributed by atoms with Crippen LogP contribution in [0.2, 0.25) is 5.02 Å². The molecule has 3 aromatic rings. The smallest absolute Gasteiger partial charge is 0.123 e. The van der Waals surface area contributed by atoms with E-state index in [9.17, 15) is 4.39 Å². The van der Waals surface area contributed by atoms with Crippen molar-refractivity contribution < 1.29 is 13.9 Å². The second-order valence-corrected chi connectivity index (χ2v) is 7.67. The molecule has 1 fully saturated rings. The summed E-state index contributed by atoms with van der Waals surface area (Å²) in [5.41, 5.74) is 3.19. The molecule has 1 aromatic heterocycles. The molecule has 2 aromatic carbocycles. The highest BCUT2D eigenvalue weighted by Gasteiger charge is 2.38. The molecular weight excluding hydrogens is 405 g/mol. The number of ether oxygens (including phenoxy) is 2. The van der Waals surface area contributed by atoms with Crippen molar-refractivity contribution in [2.45, 2.75) is 32.1 Å². The fourth-order valence-corrected chi connectivity index (χ4v) is 4.15. The largest absolute Gasteiger partial charge is 0.497 e. The minimum absolute atomic E-state index is 0.173. The third-order valence-corrected chi connectivity index (χ3v) is 5.89. The van der Waals surface area contributed by atoms with Crippen LogP contribution in [-0.2, 0) is 11.3 Å². The molecular formula is C23H23ClFN3O2. The van der Waals surface area contributed by atoms with Crippen molar-refractivity contribution in [1.82, 2.24) is 9.97 Å². The average Bonchev–Trinajstić information content (AvgIpc) is 3.19. The van der Waals surface area contributed by atoms with Crippen LogP contribution in [0.25, 0.3) is 0 Å². The Bertz CT molecular complexity index is 1000. The van der Waals surface area contributed by atoms with Gasteiger partial charge in [0.05, 0.1) is 37.8 Å². The predicted molar refractivity (Wildman–Crippen MR) is 114 cm³/mol. The van der Waals surface area contributed by atoms with Gasteiger partial charge in [0.1, 0.15) is 11.6 Å². The SMILES string of the molecule is COc1ccc(N2CC[C@@H](OCc3cnccn3)[C@H]2c2cc(F)cc(C)c2Cl)cc1. The van der Waals surface area contributed by atoms with Gasteiger partial charge in [0.25, 0.3) is 0 Å². The summed E-state index contributed by atoms with van der Waals surface area (Å²) in [4.78, 5) is 10.6. The van der Waals surface area contributed by atoms with E-state index in [1.807, 2.05) is 31.2 Å². The third-order valence-electron chi connectivity index (χ3n) is 5.37. The van der Waals surface area contributed by atoms with Gasteiger partial charge >= 0.3 is 0 Å². The van der Waals surface area contributed by atoms with E-state index in [0.29, 0.717) is 17.2 Å². The fourth-order valence-electron chi connectivity index (χ4n) is 3.93. The maximum absolute atomic E-state index is 14.3. The van der Waals surface area contributed by atoms with E-state index in [1.165, 1.54) is 12.1 Å². The monoisotopic (exact) mass is 427 g/mol. The first-order valence-corrected chi connectivity index (χ1v) is 10.2. The zero-order valence-corrected chi connectivity index (χ0v) is 17.6. The Balaban J connectivity index is 1.68. The van der Waals surface area contributed by atoms with Crippen LogP contribution in [-0.4, -0.2) is 29.7 Å². The number of benzene rings is 2. The Kier molecular flexibility index (Phi) is 6.16. The highest BCUT2D eigenvalue weighted by atomic mass is 35.5. The molecule has 0 spiro atoms. The van der Waals surface area contributed by atoms with E-state index >= 15 is 0 Å². The molecule has 0 radical (unpaired) electrons. The van der Waals surface area contributed by atoms with Gasteiger partial charge in [-0.2, -0.15) is 0 Å². The van der Waals surface area contributed by atoms with Gasteiger partial charge < -0.3 is 14.4 Å². The standard InChI is InChI=1S/C23H23ClFN3O2/c1-15-11-16(25)12-20(22(15)24)23-21(30-14-17-13-26-8-9-27-17)7-10-28(23)18-3-5-19(29-2)6-4-18/h3-6,8-9,11-13,21,23H,7,10,14H2,1-2H3/t21-,23-/m1/s1. The molecule has 1 saturated heterocycles. The van der Waals surface area contributed by atoms with Crippen LogP contribution in [0, 0.1) is 12.7 Å². The molecule has 156 valence electrons. The summed E-state index contributed by atoms with van der Waals surface area (Å²) in [5.74, 6) is 0.478. The number of hydrogen-bond donors (Lipinski definition) is 0. The number of nitrogens with zero attached hydrogens (tertiary/aromatic N) is 3. The molecule has 0 aliphatic carbocycles. The quantitative estimate of drug-likeness (QED) is 0.546. The van der Waals surface area contributed by atoms with Crippen molar-refractivity contribution in [3.8, 4) is 5.75 Å². The summed E-state index contributed by atoms with van der Waals surface area (Å²) in [6.07, 6.45) is 5.56. The van der Waals surface area contributed by atoms with Crippen molar-refractivity contribution in [3.05, 3.63) is 82.6 Å². The average molecular weight is 428 g/mol. The van der Waals surface area contributed by atoms with Gasteiger partial charge in [-0.3, -0.25) is 9.97 Å². The molecule has 7 heteroatoms. The summed E-state index contributed by atoms with van der Waals surface area (Å²) in [5, 5.41) is 0.565. The van der Waals surface area contributed by atoms with Gasteiger partial charge in [-0.05, 0) is 60.9 Å². The zero-order chi connectivity index (χ0) is 21.1. The maximum Gasteiger partial charge on any atom is 0.123 e. The van der Waals surface area contributed by atoms with Crippen molar-refractivity contribution in [1.29, 1.82) is 0 Å². The third kappa shape index (κ3) is 4.25. The number of hydrogen-bond acceptors (Lipinski definition) is 5.